The number of ketones is 1. The van der Waals surface area contributed by atoms with Gasteiger partial charge in [0.1, 0.15) is 6.04 Å². The van der Waals surface area contributed by atoms with Crippen molar-refractivity contribution in [3.8, 4) is 0 Å². The molecule has 0 aromatic carbocycles. The van der Waals surface area contributed by atoms with Crippen molar-refractivity contribution in [1.82, 2.24) is 10.3 Å². The minimum Gasteiger partial charge on any atom is -0.413 e. The van der Waals surface area contributed by atoms with E-state index >= 15 is 0 Å². The molecule has 0 aliphatic carbocycles. The van der Waals surface area contributed by atoms with E-state index in [0.717, 1.165) is 0 Å². The summed E-state index contributed by atoms with van der Waals surface area (Å²) in [7, 11) is -1.99. The first-order valence-electron chi connectivity index (χ1n) is 7.97. The minimum atomic E-state index is -1.99. The molecule has 0 spiro atoms. The summed E-state index contributed by atoms with van der Waals surface area (Å²) in [6.45, 7) is 12.7. The second-order valence-electron chi connectivity index (χ2n) is 7.70. The van der Waals surface area contributed by atoms with Gasteiger partial charge in [-0.15, -0.1) is 0 Å². The van der Waals surface area contributed by atoms with Gasteiger partial charge >= 0.3 is 0 Å². The number of pyridine rings is 1. The monoisotopic (exact) mass is 334 g/mol. The van der Waals surface area contributed by atoms with Crippen molar-refractivity contribution < 1.29 is 14.0 Å². The summed E-state index contributed by atoms with van der Waals surface area (Å²) in [5, 5.41) is 2.78. The molecule has 1 saturated heterocycles. The van der Waals surface area contributed by atoms with Crippen LogP contribution in [0.25, 0.3) is 0 Å². The molecule has 2 rings (SSSR count). The molecule has 3 atom stereocenters. The molecule has 1 fully saturated rings. The van der Waals surface area contributed by atoms with E-state index in [1.807, 2.05) is 6.92 Å². The Morgan fingerprint density at radius 2 is 2.04 bits per heavy atom. The molecule has 6 heteroatoms. The summed E-state index contributed by atoms with van der Waals surface area (Å²) < 4.78 is 6.30. The molecule has 0 saturated carbocycles. The quantitative estimate of drug-likeness (QED) is 0.511. The molecular weight excluding hydrogens is 308 g/mol. The summed E-state index contributed by atoms with van der Waals surface area (Å²) in [5.74, 6) is -0.649. The number of carbonyl (C=O) groups is 2. The maximum atomic E-state index is 12.6. The average molecular weight is 334 g/mol. The Balaban J connectivity index is 2.12. The van der Waals surface area contributed by atoms with Crippen LogP contribution in [0.4, 0.5) is 0 Å². The lowest BCUT2D eigenvalue weighted by atomic mass is 9.82. The Morgan fingerprint density at radius 1 is 1.39 bits per heavy atom. The first-order chi connectivity index (χ1) is 10.5. The molecule has 1 aliphatic rings. The summed E-state index contributed by atoms with van der Waals surface area (Å²) in [4.78, 5) is 28.5. The fourth-order valence-corrected chi connectivity index (χ4v) is 3.94. The number of rotatable bonds is 5. The van der Waals surface area contributed by atoms with Crippen molar-refractivity contribution in [1.29, 1.82) is 0 Å². The number of nitrogens with one attached hydrogen (secondary N) is 1. The third-order valence-electron chi connectivity index (χ3n) is 4.98. The van der Waals surface area contributed by atoms with Crippen LogP contribution in [0.3, 0.4) is 0 Å². The standard InChI is InChI=1S/C17H26N2O3Si/c1-11(22-23(5,6)17(2,3)4)13-14(19-16(13)21)15(20)12-8-7-9-18-10-12/h7-11,13-14H,1-6H3,(H,19,21)/t11-,13-,14-/m1/s1. The summed E-state index contributed by atoms with van der Waals surface area (Å²) in [5.41, 5.74) is 0.516. The van der Waals surface area contributed by atoms with Gasteiger partial charge in [-0.1, -0.05) is 20.8 Å². The maximum absolute atomic E-state index is 12.6. The van der Waals surface area contributed by atoms with Crippen molar-refractivity contribution >= 4 is 20.0 Å². The second-order valence-corrected chi connectivity index (χ2v) is 12.5. The van der Waals surface area contributed by atoms with Gasteiger partial charge in [0.05, 0.1) is 12.0 Å². The molecule has 0 bridgehead atoms. The van der Waals surface area contributed by atoms with Gasteiger partial charge in [0.2, 0.25) is 5.91 Å². The Kier molecular flexibility index (Phi) is 4.78. The van der Waals surface area contributed by atoms with Crippen molar-refractivity contribution in [2.24, 2.45) is 5.92 Å². The van der Waals surface area contributed by atoms with E-state index in [2.05, 4.69) is 44.2 Å². The zero-order valence-electron chi connectivity index (χ0n) is 14.7. The number of Topliss-reactive ketones (excluding diaryl/α,β-unsaturated/α-hetero) is 1. The van der Waals surface area contributed by atoms with E-state index in [-0.39, 0.29) is 22.8 Å². The van der Waals surface area contributed by atoms with Gasteiger partial charge in [-0.25, -0.2) is 0 Å². The van der Waals surface area contributed by atoms with E-state index in [1.54, 1.807) is 18.3 Å². The Bertz CT molecular complexity index is 596. The fraction of sp³-hybridized carbons (Fsp3) is 0.588. The molecule has 23 heavy (non-hydrogen) atoms. The van der Waals surface area contributed by atoms with E-state index in [0.29, 0.717) is 5.56 Å². The van der Waals surface area contributed by atoms with Crippen molar-refractivity contribution in [2.75, 3.05) is 0 Å². The molecule has 1 aliphatic heterocycles. The van der Waals surface area contributed by atoms with Crippen LogP contribution in [0.2, 0.25) is 18.1 Å². The zero-order chi connectivity index (χ0) is 17.4. The number of hydrogen-bond acceptors (Lipinski definition) is 4. The number of β-lactam (4-membered cyclic amide) rings is 1. The van der Waals surface area contributed by atoms with Gasteiger partial charge in [0, 0.05) is 18.0 Å². The molecule has 1 N–H and O–H groups in total. The van der Waals surface area contributed by atoms with E-state index in [4.69, 9.17) is 4.43 Å². The van der Waals surface area contributed by atoms with Gasteiger partial charge < -0.3 is 9.74 Å². The molecule has 0 unspecified atom stereocenters. The molecule has 0 radical (unpaired) electrons. The minimum absolute atomic E-state index is 0.0599. The zero-order valence-corrected chi connectivity index (χ0v) is 15.7. The first-order valence-corrected chi connectivity index (χ1v) is 10.9. The topological polar surface area (TPSA) is 68.3 Å². The summed E-state index contributed by atoms with van der Waals surface area (Å²) in [6, 6.07) is 2.92. The van der Waals surface area contributed by atoms with E-state index in [9.17, 15) is 9.59 Å². The number of carbonyl (C=O) groups excluding carboxylic acids is 2. The third-order valence-corrected chi connectivity index (χ3v) is 9.55. The van der Waals surface area contributed by atoms with Crippen molar-refractivity contribution in [2.45, 2.75) is 58.0 Å². The van der Waals surface area contributed by atoms with E-state index < -0.39 is 20.3 Å². The predicted octanol–water partition coefficient (Wildman–Crippen LogP) is 2.79. The number of aromatic nitrogens is 1. The first kappa shape index (κ1) is 17.8. The van der Waals surface area contributed by atoms with Crippen molar-refractivity contribution in [3.63, 3.8) is 0 Å². The third kappa shape index (κ3) is 3.53. The fourth-order valence-electron chi connectivity index (χ4n) is 2.51. The average Bonchev–Trinajstić information content (AvgIpc) is 2.42. The molecule has 5 nitrogen and oxygen atoms in total. The highest BCUT2D eigenvalue weighted by molar-refractivity contribution is 6.74. The highest BCUT2D eigenvalue weighted by atomic mass is 28.4. The molecule has 1 aromatic rings. The highest BCUT2D eigenvalue weighted by Gasteiger charge is 2.50. The van der Waals surface area contributed by atoms with Gasteiger partial charge in [-0.05, 0) is 37.2 Å². The van der Waals surface area contributed by atoms with Crippen LogP contribution in [0.5, 0.6) is 0 Å². The number of hydrogen-bond donors (Lipinski definition) is 1. The Hall–Kier alpha value is -1.53. The second kappa shape index (κ2) is 6.17. The van der Waals surface area contributed by atoms with Crippen LogP contribution in [-0.4, -0.2) is 37.1 Å². The van der Waals surface area contributed by atoms with Gasteiger partial charge in [0.15, 0.2) is 14.1 Å². The summed E-state index contributed by atoms with van der Waals surface area (Å²) >= 11 is 0. The summed E-state index contributed by atoms with van der Waals surface area (Å²) in [6.07, 6.45) is 2.87. The number of amides is 1. The van der Waals surface area contributed by atoms with Crippen LogP contribution in [0, 0.1) is 5.92 Å². The maximum Gasteiger partial charge on any atom is 0.228 e. The molecular formula is C17H26N2O3Si. The largest absolute Gasteiger partial charge is 0.413 e. The van der Waals surface area contributed by atoms with Crippen LogP contribution >= 0.6 is 0 Å². The van der Waals surface area contributed by atoms with Crippen LogP contribution < -0.4 is 5.32 Å². The molecule has 1 amide bonds. The lowest BCUT2D eigenvalue weighted by molar-refractivity contribution is -0.138. The molecule has 2 heterocycles. The SMILES string of the molecule is C[C@@H](O[Si](C)(C)C(C)(C)C)[C@H]1C(=O)N[C@H]1C(=O)c1cccnc1. The molecule has 126 valence electrons. The predicted molar refractivity (Wildman–Crippen MR) is 91.7 cm³/mol. The van der Waals surface area contributed by atoms with Crippen molar-refractivity contribution in [3.05, 3.63) is 30.1 Å². The van der Waals surface area contributed by atoms with Crippen LogP contribution in [-0.2, 0) is 9.22 Å². The lowest BCUT2D eigenvalue weighted by Gasteiger charge is -2.44. The Morgan fingerprint density at radius 3 is 2.52 bits per heavy atom. The Labute approximate surface area is 139 Å². The highest BCUT2D eigenvalue weighted by Crippen LogP contribution is 2.39. The molecule has 1 aromatic heterocycles. The van der Waals surface area contributed by atoms with Gasteiger partial charge in [0.25, 0.3) is 0 Å². The van der Waals surface area contributed by atoms with Gasteiger partial charge in [-0.3, -0.25) is 14.6 Å². The van der Waals surface area contributed by atoms with E-state index in [1.165, 1.54) is 6.20 Å². The van der Waals surface area contributed by atoms with Crippen LogP contribution in [0.15, 0.2) is 24.5 Å². The smallest absolute Gasteiger partial charge is 0.228 e. The normalized spacial score (nSPS) is 23.0. The lowest BCUT2D eigenvalue weighted by Crippen LogP contribution is -2.66. The van der Waals surface area contributed by atoms with Crippen LogP contribution in [0.1, 0.15) is 38.1 Å². The number of nitrogens with zero attached hydrogens (tertiary/aromatic N) is 1. The van der Waals surface area contributed by atoms with Gasteiger partial charge in [-0.2, -0.15) is 0 Å².